The van der Waals surface area contributed by atoms with Gasteiger partial charge in [0, 0.05) is 37.5 Å². The molecule has 184 valence electrons. The van der Waals surface area contributed by atoms with Crippen LogP contribution in [0.3, 0.4) is 0 Å². The lowest BCUT2D eigenvalue weighted by Gasteiger charge is -2.32. The second kappa shape index (κ2) is 11.8. The highest BCUT2D eigenvalue weighted by Gasteiger charge is 2.32. The van der Waals surface area contributed by atoms with Gasteiger partial charge in [-0.3, -0.25) is 14.7 Å². The number of benzene rings is 1. The zero-order valence-electron chi connectivity index (χ0n) is 20.0. The lowest BCUT2D eigenvalue weighted by Crippen LogP contribution is -2.38. The number of morpholine rings is 1. The molecular weight excluding hydrogens is 433 g/mol. The van der Waals surface area contributed by atoms with Crippen molar-refractivity contribution in [3.63, 3.8) is 0 Å². The topological polar surface area (TPSA) is 77.7 Å². The van der Waals surface area contributed by atoms with E-state index in [0.717, 1.165) is 51.3 Å². The molecule has 1 aromatic heterocycles. The van der Waals surface area contributed by atoms with Crippen molar-refractivity contribution in [1.29, 1.82) is 0 Å². The van der Waals surface area contributed by atoms with Gasteiger partial charge >= 0.3 is 0 Å². The van der Waals surface area contributed by atoms with Crippen LogP contribution in [0.4, 0.5) is 4.39 Å². The van der Waals surface area contributed by atoms with Crippen molar-refractivity contribution in [2.24, 2.45) is 17.6 Å². The van der Waals surface area contributed by atoms with Crippen molar-refractivity contribution in [1.82, 2.24) is 9.88 Å². The number of halogens is 1. The first kappa shape index (κ1) is 24.6. The molecule has 2 N–H and O–H groups in total. The van der Waals surface area contributed by atoms with E-state index in [-0.39, 0.29) is 23.6 Å². The summed E-state index contributed by atoms with van der Waals surface area (Å²) in [5, 5.41) is 0. The minimum Gasteiger partial charge on any atom is -0.492 e. The van der Waals surface area contributed by atoms with E-state index < -0.39 is 0 Å². The van der Waals surface area contributed by atoms with E-state index >= 15 is 0 Å². The fourth-order valence-electron chi connectivity index (χ4n) is 5.32. The summed E-state index contributed by atoms with van der Waals surface area (Å²) in [6.07, 6.45) is 7.65. The molecule has 1 aliphatic heterocycles. The van der Waals surface area contributed by atoms with E-state index in [0.29, 0.717) is 29.5 Å². The first-order valence-electron chi connectivity index (χ1n) is 12.5. The number of carbonyl (C=O) groups is 1. The first-order valence-corrected chi connectivity index (χ1v) is 12.5. The average Bonchev–Trinajstić information content (AvgIpc) is 2.86. The van der Waals surface area contributed by atoms with Crippen LogP contribution >= 0.6 is 0 Å². The Morgan fingerprint density at radius 2 is 1.97 bits per heavy atom. The number of primary amides is 1. The summed E-state index contributed by atoms with van der Waals surface area (Å²) >= 11 is 0. The number of aromatic nitrogens is 1. The zero-order chi connectivity index (χ0) is 23.9. The standard InChI is InChI=1S/C27H36FN3O3/c1-19(20-5-3-2-4-6-20)26(27(29)32)21-7-10-25(30-18-21)23-9-8-22(17-24(23)28)34-16-13-31-11-14-33-15-12-31/h7-10,17-20,26H,2-6,11-16H2,1H3,(H2,29,32). The predicted octanol–water partition coefficient (Wildman–Crippen LogP) is 4.38. The molecule has 7 heteroatoms. The van der Waals surface area contributed by atoms with E-state index in [2.05, 4.69) is 16.8 Å². The summed E-state index contributed by atoms with van der Waals surface area (Å²) in [5.74, 6) is 0.0803. The molecule has 2 atom stereocenters. The van der Waals surface area contributed by atoms with Crippen LogP contribution in [0, 0.1) is 17.7 Å². The largest absolute Gasteiger partial charge is 0.492 e. The first-order chi connectivity index (χ1) is 16.5. The van der Waals surface area contributed by atoms with Gasteiger partial charge in [-0.15, -0.1) is 0 Å². The molecule has 0 spiro atoms. The van der Waals surface area contributed by atoms with E-state index in [1.54, 1.807) is 24.4 Å². The average molecular weight is 470 g/mol. The van der Waals surface area contributed by atoms with Crippen molar-refractivity contribution in [2.75, 3.05) is 39.5 Å². The van der Waals surface area contributed by atoms with Crippen molar-refractivity contribution in [3.05, 3.63) is 47.9 Å². The minimum atomic E-state index is -0.383. The lowest BCUT2D eigenvalue weighted by atomic mass is 9.73. The van der Waals surface area contributed by atoms with E-state index in [9.17, 15) is 9.18 Å². The summed E-state index contributed by atoms with van der Waals surface area (Å²) in [6, 6.07) is 8.50. The SMILES string of the molecule is CC(C1CCCCC1)C(C(N)=O)c1ccc(-c2ccc(OCCN3CCOCC3)cc2F)nc1. The van der Waals surface area contributed by atoms with Gasteiger partial charge in [0.05, 0.1) is 24.8 Å². The molecule has 1 saturated carbocycles. The number of nitrogens with zero attached hydrogens (tertiary/aromatic N) is 2. The molecule has 4 rings (SSSR count). The summed E-state index contributed by atoms with van der Waals surface area (Å²) in [6.45, 7) is 6.69. The summed E-state index contributed by atoms with van der Waals surface area (Å²) < 4.78 is 25.9. The van der Waals surface area contributed by atoms with Crippen LogP contribution in [0.5, 0.6) is 5.75 Å². The van der Waals surface area contributed by atoms with Crippen molar-refractivity contribution in [2.45, 2.75) is 44.9 Å². The monoisotopic (exact) mass is 469 g/mol. The molecule has 2 aromatic rings. The Kier molecular flexibility index (Phi) is 8.51. The Morgan fingerprint density at radius 3 is 2.62 bits per heavy atom. The third-order valence-electron chi connectivity index (χ3n) is 7.37. The normalized spacial score (nSPS) is 19.5. The number of carbonyl (C=O) groups excluding carboxylic acids is 1. The number of rotatable bonds is 9. The molecule has 34 heavy (non-hydrogen) atoms. The van der Waals surface area contributed by atoms with Crippen molar-refractivity contribution < 1.29 is 18.7 Å². The highest BCUT2D eigenvalue weighted by Crippen LogP contribution is 2.38. The van der Waals surface area contributed by atoms with Gasteiger partial charge in [0.2, 0.25) is 5.91 Å². The maximum atomic E-state index is 14.9. The Bertz CT molecular complexity index is 941. The van der Waals surface area contributed by atoms with Crippen LogP contribution in [0.2, 0.25) is 0 Å². The minimum absolute atomic E-state index is 0.163. The van der Waals surface area contributed by atoms with E-state index in [1.807, 2.05) is 6.07 Å². The molecule has 1 aliphatic carbocycles. The third-order valence-corrected chi connectivity index (χ3v) is 7.37. The van der Waals surface area contributed by atoms with Crippen LogP contribution in [0.15, 0.2) is 36.5 Å². The quantitative estimate of drug-likeness (QED) is 0.590. The van der Waals surface area contributed by atoms with Crippen LogP contribution in [-0.4, -0.2) is 55.2 Å². The number of amides is 1. The fourth-order valence-corrected chi connectivity index (χ4v) is 5.32. The molecular formula is C27H36FN3O3. The molecule has 2 unspecified atom stereocenters. The van der Waals surface area contributed by atoms with Crippen molar-refractivity contribution in [3.8, 4) is 17.0 Å². The second-order valence-electron chi connectivity index (χ2n) is 9.56. The number of hydrogen-bond donors (Lipinski definition) is 1. The zero-order valence-corrected chi connectivity index (χ0v) is 20.0. The van der Waals surface area contributed by atoms with Gasteiger partial charge in [-0.05, 0) is 35.6 Å². The molecule has 0 radical (unpaired) electrons. The van der Waals surface area contributed by atoms with Gasteiger partial charge in [-0.25, -0.2) is 4.39 Å². The summed E-state index contributed by atoms with van der Waals surface area (Å²) in [5.41, 5.74) is 7.54. The Morgan fingerprint density at radius 1 is 1.21 bits per heavy atom. The van der Waals surface area contributed by atoms with Gasteiger partial charge in [-0.2, -0.15) is 0 Å². The molecule has 2 heterocycles. The van der Waals surface area contributed by atoms with Gasteiger partial charge in [0.15, 0.2) is 0 Å². The number of ether oxygens (including phenoxy) is 2. The lowest BCUT2D eigenvalue weighted by molar-refractivity contribution is -0.121. The fraction of sp³-hybridized carbons (Fsp3) is 0.556. The maximum Gasteiger partial charge on any atom is 0.225 e. The van der Waals surface area contributed by atoms with Crippen molar-refractivity contribution >= 4 is 5.91 Å². The molecule has 1 aromatic carbocycles. The van der Waals surface area contributed by atoms with E-state index in [4.69, 9.17) is 15.2 Å². The Hall–Kier alpha value is -2.51. The van der Waals surface area contributed by atoms with Crippen LogP contribution in [-0.2, 0) is 9.53 Å². The molecule has 0 bridgehead atoms. The van der Waals surface area contributed by atoms with Gasteiger partial charge in [-0.1, -0.05) is 45.1 Å². The second-order valence-corrected chi connectivity index (χ2v) is 9.56. The molecule has 2 fully saturated rings. The highest BCUT2D eigenvalue weighted by molar-refractivity contribution is 5.82. The Balaban J connectivity index is 1.40. The van der Waals surface area contributed by atoms with E-state index in [1.165, 1.54) is 25.3 Å². The number of pyridine rings is 1. The highest BCUT2D eigenvalue weighted by atomic mass is 19.1. The van der Waals surface area contributed by atoms with Gasteiger partial charge < -0.3 is 15.2 Å². The number of nitrogens with two attached hydrogens (primary N) is 1. The smallest absolute Gasteiger partial charge is 0.225 e. The predicted molar refractivity (Wildman–Crippen MR) is 130 cm³/mol. The third kappa shape index (κ3) is 6.13. The van der Waals surface area contributed by atoms with Crippen LogP contribution < -0.4 is 10.5 Å². The Labute approximate surface area is 201 Å². The molecule has 1 amide bonds. The maximum absolute atomic E-state index is 14.9. The molecule has 2 aliphatic rings. The number of hydrogen-bond acceptors (Lipinski definition) is 5. The summed E-state index contributed by atoms with van der Waals surface area (Å²) in [4.78, 5) is 19.1. The summed E-state index contributed by atoms with van der Waals surface area (Å²) in [7, 11) is 0. The van der Waals surface area contributed by atoms with Gasteiger partial charge in [0.25, 0.3) is 0 Å². The molecule has 6 nitrogen and oxygen atoms in total. The molecule has 1 saturated heterocycles. The van der Waals surface area contributed by atoms with Crippen LogP contribution in [0.1, 0.15) is 50.5 Å². The van der Waals surface area contributed by atoms with Crippen LogP contribution in [0.25, 0.3) is 11.3 Å². The van der Waals surface area contributed by atoms with Gasteiger partial charge in [0.1, 0.15) is 18.2 Å².